The fourth-order valence-corrected chi connectivity index (χ4v) is 9.54. The Hall–Kier alpha value is -4.45. The molecule has 4 N–H and O–H groups in total. The fourth-order valence-electron chi connectivity index (χ4n) is 6.96. The number of halogens is 1. The third kappa shape index (κ3) is 8.45. The first kappa shape index (κ1) is 41.2. The first-order valence-electron chi connectivity index (χ1n) is 18.3. The Morgan fingerprint density at radius 3 is 2.38 bits per heavy atom. The van der Waals surface area contributed by atoms with Crippen LogP contribution in [0, 0.1) is 11.3 Å². The number of nitrogens with zero attached hydrogens (tertiary/aromatic N) is 2. The number of methoxy groups -OCH3 is 1. The van der Waals surface area contributed by atoms with Gasteiger partial charge in [0.25, 0.3) is 5.91 Å². The van der Waals surface area contributed by atoms with E-state index in [-0.39, 0.29) is 36.7 Å². The number of carbonyl (C=O) groups is 3. The molecule has 3 aromatic rings. The van der Waals surface area contributed by atoms with Gasteiger partial charge in [0.1, 0.15) is 29.5 Å². The van der Waals surface area contributed by atoms with E-state index in [1.54, 1.807) is 37.3 Å². The number of ether oxygens (including phenoxy) is 2. The Labute approximate surface area is 332 Å². The number of hydrogen-bond acceptors (Lipinski definition) is 11. The van der Waals surface area contributed by atoms with Gasteiger partial charge >= 0.3 is 0 Å². The molecule has 0 spiro atoms. The number of amides is 3. The van der Waals surface area contributed by atoms with Crippen molar-refractivity contribution in [2.75, 3.05) is 25.5 Å². The van der Waals surface area contributed by atoms with Crippen LogP contribution >= 0.6 is 11.6 Å². The molecule has 18 heteroatoms. The van der Waals surface area contributed by atoms with E-state index >= 15 is 0 Å². The maximum Gasteiger partial charge on any atom is 0.259 e. The van der Waals surface area contributed by atoms with Gasteiger partial charge in [-0.2, -0.15) is 0 Å². The molecule has 1 aliphatic heterocycles. The highest BCUT2D eigenvalue weighted by Gasteiger charge is 2.62. The van der Waals surface area contributed by atoms with Crippen LogP contribution in [0.5, 0.6) is 11.6 Å². The predicted molar refractivity (Wildman–Crippen MR) is 211 cm³/mol. The molecule has 1 saturated heterocycles. The molecule has 2 saturated carbocycles. The number of hydrogen-bond donors (Lipinski definition) is 4. The molecule has 302 valence electrons. The van der Waals surface area contributed by atoms with Crippen LogP contribution < -0.4 is 29.6 Å². The average molecular weight is 831 g/mol. The number of benzene rings is 2. The van der Waals surface area contributed by atoms with Crippen molar-refractivity contribution in [1.29, 1.82) is 0 Å². The second-order valence-electron chi connectivity index (χ2n) is 15.5. The lowest BCUT2D eigenvalue weighted by Gasteiger charge is -2.36. The van der Waals surface area contributed by atoms with Crippen LogP contribution in [0.2, 0.25) is 5.02 Å². The summed E-state index contributed by atoms with van der Waals surface area (Å²) in [6.07, 6.45) is 3.25. The topological polar surface area (TPSA) is 202 Å². The predicted octanol–water partition coefficient (Wildman–Crippen LogP) is 3.74. The van der Waals surface area contributed by atoms with Gasteiger partial charge in [-0.15, -0.1) is 6.58 Å². The zero-order chi connectivity index (χ0) is 40.8. The molecule has 0 radical (unpaired) electrons. The molecule has 1 aromatic heterocycles. The largest absolute Gasteiger partial charge is 0.494 e. The van der Waals surface area contributed by atoms with Gasteiger partial charge in [-0.05, 0) is 67.1 Å². The Kier molecular flexibility index (Phi) is 11.4. The Morgan fingerprint density at radius 1 is 1.09 bits per heavy atom. The van der Waals surface area contributed by atoms with Crippen molar-refractivity contribution in [3.8, 4) is 11.6 Å². The highest BCUT2D eigenvalue weighted by molar-refractivity contribution is 7.91. The van der Waals surface area contributed by atoms with Crippen molar-refractivity contribution in [3.05, 3.63) is 66.3 Å². The number of fused-ring (bicyclic) bond motifs is 1. The molecular formula is C38H47ClN6O9S2. The van der Waals surface area contributed by atoms with E-state index < -0.39 is 78.1 Å². The fraction of sp³-hybridized carbons (Fsp3) is 0.474. The SMILES string of the molecule is C=C[C@@H]1C[C@]1(NC(=O)[C@@H]1C[C@@H](Oc2ncc(OC)c3ccc(Cl)cc23)CN1C(=O)C(Nc1ccc(S(=O)(=O)NCC)cc1)C(C)(C)C)C(=O)NS(=O)(=O)C1CC1. The molecule has 15 nitrogen and oxygen atoms in total. The van der Waals surface area contributed by atoms with Crippen LogP contribution in [0.1, 0.15) is 53.4 Å². The minimum atomic E-state index is -3.92. The summed E-state index contributed by atoms with van der Waals surface area (Å²) in [5, 5.41) is 7.05. The monoisotopic (exact) mass is 830 g/mol. The van der Waals surface area contributed by atoms with Gasteiger partial charge in [0.05, 0.1) is 30.0 Å². The highest BCUT2D eigenvalue weighted by Crippen LogP contribution is 2.46. The van der Waals surface area contributed by atoms with Crippen molar-refractivity contribution >= 4 is 65.8 Å². The Morgan fingerprint density at radius 2 is 1.79 bits per heavy atom. The number of carbonyl (C=O) groups excluding carboxylic acids is 3. The normalized spacial score (nSPS) is 22.9. The summed E-state index contributed by atoms with van der Waals surface area (Å²) in [5.74, 6) is -1.84. The molecular weight excluding hydrogens is 784 g/mol. The van der Waals surface area contributed by atoms with Crippen molar-refractivity contribution in [2.24, 2.45) is 11.3 Å². The quantitative estimate of drug-likeness (QED) is 0.163. The zero-order valence-electron chi connectivity index (χ0n) is 31.8. The van der Waals surface area contributed by atoms with Crippen LogP contribution in [0.4, 0.5) is 5.69 Å². The minimum Gasteiger partial charge on any atom is -0.494 e. The van der Waals surface area contributed by atoms with E-state index in [1.807, 2.05) is 20.8 Å². The lowest BCUT2D eigenvalue weighted by Crippen LogP contribution is -2.58. The molecule has 3 fully saturated rings. The first-order valence-corrected chi connectivity index (χ1v) is 21.7. The minimum absolute atomic E-state index is 0.00197. The highest BCUT2D eigenvalue weighted by atomic mass is 35.5. The van der Waals surface area contributed by atoms with Crippen LogP contribution in [-0.2, 0) is 34.4 Å². The van der Waals surface area contributed by atoms with Crippen molar-refractivity contribution in [3.63, 3.8) is 0 Å². The number of anilines is 1. The summed E-state index contributed by atoms with van der Waals surface area (Å²) in [5.41, 5.74) is -1.85. The molecule has 3 amide bonds. The van der Waals surface area contributed by atoms with E-state index in [0.717, 1.165) is 0 Å². The van der Waals surface area contributed by atoms with E-state index in [0.29, 0.717) is 40.1 Å². The van der Waals surface area contributed by atoms with Crippen LogP contribution in [-0.4, -0.2) is 93.6 Å². The van der Waals surface area contributed by atoms with Crippen LogP contribution in [0.25, 0.3) is 10.8 Å². The maximum atomic E-state index is 14.8. The van der Waals surface area contributed by atoms with Gasteiger partial charge in [0, 0.05) is 40.4 Å². The van der Waals surface area contributed by atoms with Crippen LogP contribution in [0.3, 0.4) is 0 Å². The number of aromatic nitrogens is 1. The third-order valence-corrected chi connectivity index (χ3v) is 13.9. The lowest BCUT2D eigenvalue weighted by molar-refractivity contribution is -0.141. The smallest absolute Gasteiger partial charge is 0.259 e. The van der Waals surface area contributed by atoms with Gasteiger partial charge in [-0.3, -0.25) is 19.1 Å². The summed E-state index contributed by atoms with van der Waals surface area (Å²) in [4.78, 5) is 48.6. The number of likely N-dealkylation sites (tertiary alicyclic amines) is 1. The average Bonchev–Trinajstić information content (AvgIpc) is 4.07. The first-order chi connectivity index (χ1) is 26.3. The molecule has 2 heterocycles. The standard InChI is InChI=1S/C38H47ClN6O9S2/c1-7-22-19-38(22,36(48)44-56(51,52)27-14-15-27)43-33(46)30-18-25(54-34-29-17-23(39)9-16-28(29)31(53-6)20-40-34)21-45(30)35(47)32(37(3,4)5)42-24-10-12-26(13-11-24)55(49,50)41-8-2/h7,9-13,16-17,20,22,25,27,30,32,41-42H,1,8,14-15,18-19,21H2,2-6H3,(H,43,46)(H,44,48)/t22-,25-,30+,32?,38-/m1/s1. The summed E-state index contributed by atoms with van der Waals surface area (Å²) in [6, 6.07) is 9.04. The second kappa shape index (κ2) is 15.5. The van der Waals surface area contributed by atoms with Crippen molar-refractivity contribution < 1.29 is 40.7 Å². The number of rotatable bonds is 15. The molecule has 6 rings (SSSR count). The van der Waals surface area contributed by atoms with Gasteiger partial charge in [-0.1, -0.05) is 45.4 Å². The molecule has 2 aromatic carbocycles. The third-order valence-electron chi connectivity index (χ3n) is 10.3. The Bertz CT molecular complexity index is 2260. The molecule has 56 heavy (non-hydrogen) atoms. The van der Waals surface area contributed by atoms with Crippen molar-refractivity contribution in [2.45, 2.75) is 87.3 Å². The van der Waals surface area contributed by atoms with Crippen LogP contribution in [0.15, 0.2) is 66.2 Å². The molecule has 5 atom stereocenters. The van der Waals surface area contributed by atoms with E-state index in [4.69, 9.17) is 21.1 Å². The van der Waals surface area contributed by atoms with Gasteiger partial charge in [0.15, 0.2) is 0 Å². The van der Waals surface area contributed by atoms with Crippen molar-refractivity contribution in [1.82, 2.24) is 24.6 Å². The maximum absolute atomic E-state index is 14.8. The Balaban J connectivity index is 1.31. The molecule has 0 bridgehead atoms. The molecule has 1 unspecified atom stereocenters. The summed E-state index contributed by atoms with van der Waals surface area (Å²) in [6.45, 7) is 11.2. The lowest BCUT2D eigenvalue weighted by atomic mass is 9.85. The molecule has 2 aliphatic carbocycles. The second-order valence-corrected chi connectivity index (χ2v) is 19.6. The zero-order valence-corrected chi connectivity index (χ0v) is 34.2. The van der Waals surface area contributed by atoms with E-state index in [2.05, 4.69) is 31.6 Å². The number of nitrogens with one attached hydrogen (secondary N) is 4. The van der Waals surface area contributed by atoms with E-state index in [1.165, 1.54) is 36.4 Å². The summed E-state index contributed by atoms with van der Waals surface area (Å²) >= 11 is 6.35. The molecule has 3 aliphatic rings. The van der Waals surface area contributed by atoms with E-state index in [9.17, 15) is 31.2 Å². The van der Waals surface area contributed by atoms with Gasteiger partial charge in [0.2, 0.25) is 37.7 Å². The van der Waals surface area contributed by atoms with Gasteiger partial charge < -0.3 is 25.0 Å². The summed E-state index contributed by atoms with van der Waals surface area (Å²) < 4.78 is 67.1. The number of pyridine rings is 1. The number of sulfonamides is 2. The summed E-state index contributed by atoms with van der Waals surface area (Å²) in [7, 11) is -6.12. The van der Waals surface area contributed by atoms with Gasteiger partial charge in [-0.25, -0.2) is 26.5 Å².